The Balaban J connectivity index is 1.44. The van der Waals surface area contributed by atoms with E-state index in [1.165, 1.54) is 18.4 Å². The summed E-state index contributed by atoms with van der Waals surface area (Å²) in [5, 5.41) is 4.18. The van der Waals surface area contributed by atoms with Gasteiger partial charge in [-0.3, -0.25) is 14.4 Å². The predicted molar refractivity (Wildman–Crippen MR) is 96.8 cm³/mol. The van der Waals surface area contributed by atoms with Crippen LogP contribution in [0.5, 0.6) is 0 Å². The topological polar surface area (TPSA) is 41.4 Å². The van der Waals surface area contributed by atoms with Crippen molar-refractivity contribution >= 4 is 5.91 Å². The largest absolute Gasteiger partial charge is 0.337 e. The first kappa shape index (κ1) is 16.3. The van der Waals surface area contributed by atoms with E-state index in [1.807, 2.05) is 12.3 Å². The molecule has 4 rings (SSSR count). The van der Waals surface area contributed by atoms with Crippen molar-refractivity contribution in [1.29, 1.82) is 0 Å². The number of aromatic nitrogens is 2. The molecule has 0 aliphatic carbocycles. The average molecular weight is 338 g/mol. The second kappa shape index (κ2) is 7.40. The number of hydrogen-bond donors (Lipinski definition) is 0. The number of carbonyl (C=O) groups is 1. The number of likely N-dealkylation sites (tertiary alicyclic amines) is 2. The smallest absolute Gasteiger partial charge is 0.244 e. The fourth-order valence-corrected chi connectivity index (χ4v) is 4.43. The number of nitrogens with zero attached hydrogens (tertiary/aromatic N) is 4. The predicted octanol–water partition coefficient (Wildman–Crippen LogP) is 2.54. The molecule has 5 heteroatoms. The molecule has 0 saturated carbocycles. The highest BCUT2D eigenvalue weighted by Gasteiger charge is 2.39. The van der Waals surface area contributed by atoms with E-state index in [-0.39, 0.29) is 5.91 Å². The average Bonchev–Trinajstić information content (AvgIpc) is 3.36. The van der Waals surface area contributed by atoms with Gasteiger partial charge in [-0.2, -0.15) is 5.10 Å². The molecule has 2 fully saturated rings. The molecule has 3 heterocycles. The highest BCUT2D eigenvalue weighted by Crippen LogP contribution is 2.31. The van der Waals surface area contributed by atoms with Crippen LogP contribution < -0.4 is 0 Å². The molecule has 25 heavy (non-hydrogen) atoms. The minimum atomic E-state index is 0.206. The van der Waals surface area contributed by atoms with Crippen LogP contribution in [-0.2, 0) is 17.9 Å². The van der Waals surface area contributed by atoms with Gasteiger partial charge in [-0.05, 0) is 43.9 Å². The van der Waals surface area contributed by atoms with E-state index >= 15 is 0 Å². The molecule has 2 aliphatic rings. The Morgan fingerprint density at radius 1 is 1.04 bits per heavy atom. The minimum Gasteiger partial charge on any atom is -0.337 e. The molecule has 0 N–H and O–H groups in total. The lowest BCUT2D eigenvalue weighted by atomic mass is 10.0. The van der Waals surface area contributed by atoms with Crippen LogP contribution in [0.3, 0.4) is 0 Å². The highest BCUT2D eigenvalue weighted by molar-refractivity contribution is 5.76. The van der Waals surface area contributed by atoms with E-state index in [1.54, 1.807) is 10.9 Å². The van der Waals surface area contributed by atoms with Crippen LogP contribution in [0.25, 0.3) is 0 Å². The van der Waals surface area contributed by atoms with E-state index in [9.17, 15) is 4.79 Å². The Labute approximate surface area is 149 Å². The maximum Gasteiger partial charge on any atom is 0.244 e. The van der Waals surface area contributed by atoms with E-state index in [2.05, 4.69) is 45.2 Å². The molecule has 1 amide bonds. The summed E-state index contributed by atoms with van der Waals surface area (Å²) in [6, 6.07) is 13.4. The van der Waals surface area contributed by atoms with Crippen LogP contribution in [0.15, 0.2) is 48.8 Å². The third kappa shape index (κ3) is 3.61. The molecule has 0 spiro atoms. The van der Waals surface area contributed by atoms with Crippen molar-refractivity contribution in [3.63, 3.8) is 0 Å². The Morgan fingerprint density at radius 2 is 1.84 bits per heavy atom. The molecule has 2 atom stereocenters. The lowest BCUT2D eigenvalue weighted by Gasteiger charge is -2.35. The molecule has 0 bridgehead atoms. The molecule has 5 nitrogen and oxygen atoms in total. The summed E-state index contributed by atoms with van der Waals surface area (Å²) < 4.78 is 1.73. The molecular formula is C20H26N4O. The van der Waals surface area contributed by atoms with Gasteiger partial charge in [-0.15, -0.1) is 0 Å². The Bertz CT molecular complexity index is 685. The van der Waals surface area contributed by atoms with Gasteiger partial charge in [0.15, 0.2) is 0 Å². The van der Waals surface area contributed by atoms with Crippen molar-refractivity contribution in [2.45, 2.75) is 50.9 Å². The summed E-state index contributed by atoms with van der Waals surface area (Å²) in [4.78, 5) is 17.5. The van der Waals surface area contributed by atoms with E-state index in [4.69, 9.17) is 0 Å². The van der Waals surface area contributed by atoms with E-state index in [0.717, 1.165) is 32.5 Å². The SMILES string of the molecule is O=C(Cn1cccn1)N1CCC[C@@H]1[C@H]1CCCN1Cc1ccccc1. The second-order valence-electron chi connectivity index (χ2n) is 7.17. The fourth-order valence-electron chi connectivity index (χ4n) is 4.43. The van der Waals surface area contributed by atoms with Gasteiger partial charge in [0.25, 0.3) is 0 Å². The normalized spacial score (nSPS) is 24.1. The second-order valence-corrected chi connectivity index (χ2v) is 7.17. The lowest BCUT2D eigenvalue weighted by Crippen LogP contribution is -2.48. The minimum absolute atomic E-state index is 0.206. The van der Waals surface area contributed by atoms with Gasteiger partial charge in [0.1, 0.15) is 6.54 Å². The summed E-state index contributed by atoms with van der Waals surface area (Å²) in [5.74, 6) is 0.206. The van der Waals surface area contributed by atoms with Crippen LogP contribution in [0.2, 0.25) is 0 Å². The van der Waals surface area contributed by atoms with Crippen LogP contribution in [-0.4, -0.2) is 50.7 Å². The Morgan fingerprint density at radius 3 is 2.64 bits per heavy atom. The molecule has 2 aliphatic heterocycles. The zero-order valence-corrected chi connectivity index (χ0v) is 14.6. The Kier molecular flexibility index (Phi) is 4.83. The maximum atomic E-state index is 12.8. The summed E-state index contributed by atoms with van der Waals surface area (Å²) in [5.41, 5.74) is 1.36. The lowest BCUT2D eigenvalue weighted by molar-refractivity contribution is -0.134. The van der Waals surface area contributed by atoms with Crippen molar-refractivity contribution in [3.8, 4) is 0 Å². The van der Waals surface area contributed by atoms with Crippen molar-refractivity contribution < 1.29 is 4.79 Å². The van der Waals surface area contributed by atoms with Crippen LogP contribution >= 0.6 is 0 Å². The van der Waals surface area contributed by atoms with Crippen LogP contribution in [0.4, 0.5) is 0 Å². The Hall–Kier alpha value is -2.14. The molecule has 132 valence electrons. The first-order valence-electron chi connectivity index (χ1n) is 9.36. The molecule has 2 saturated heterocycles. The number of rotatable bonds is 5. The van der Waals surface area contributed by atoms with Crippen LogP contribution in [0.1, 0.15) is 31.2 Å². The molecule has 2 aromatic rings. The van der Waals surface area contributed by atoms with Gasteiger partial charge in [-0.25, -0.2) is 0 Å². The third-order valence-corrected chi connectivity index (χ3v) is 5.56. The molecular weight excluding hydrogens is 312 g/mol. The van der Waals surface area contributed by atoms with Crippen molar-refractivity contribution in [2.24, 2.45) is 0 Å². The van der Waals surface area contributed by atoms with Gasteiger partial charge in [-0.1, -0.05) is 30.3 Å². The van der Waals surface area contributed by atoms with Crippen molar-refractivity contribution in [2.75, 3.05) is 13.1 Å². The number of benzene rings is 1. The molecule has 1 aromatic carbocycles. The monoisotopic (exact) mass is 338 g/mol. The first-order valence-corrected chi connectivity index (χ1v) is 9.36. The number of amides is 1. The highest BCUT2D eigenvalue weighted by atomic mass is 16.2. The van der Waals surface area contributed by atoms with E-state index < -0.39 is 0 Å². The first-order chi connectivity index (χ1) is 12.3. The quantitative estimate of drug-likeness (QED) is 0.841. The van der Waals surface area contributed by atoms with Crippen molar-refractivity contribution in [1.82, 2.24) is 19.6 Å². The van der Waals surface area contributed by atoms with E-state index in [0.29, 0.717) is 18.6 Å². The third-order valence-electron chi connectivity index (χ3n) is 5.56. The van der Waals surface area contributed by atoms with Gasteiger partial charge in [0, 0.05) is 37.6 Å². The zero-order valence-electron chi connectivity index (χ0n) is 14.6. The summed E-state index contributed by atoms with van der Waals surface area (Å²) in [6.07, 6.45) is 8.26. The van der Waals surface area contributed by atoms with Gasteiger partial charge in [0.2, 0.25) is 5.91 Å². The zero-order chi connectivity index (χ0) is 17.1. The van der Waals surface area contributed by atoms with Gasteiger partial charge in [0.05, 0.1) is 0 Å². The van der Waals surface area contributed by atoms with Gasteiger partial charge < -0.3 is 4.90 Å². The maximum absolute atomic E-state index is 12.8. The summed E-state index contributed by atoms with van der Waals surface area (Å²) >= 11 is 0. The summed E-state index contributed by atoms with van der Waals surface area (Å²) in [7, 11) is 0. The van der Waals surface area contributed by atoms with Crippen molar-refractivity contribution in [3.05, 3.63) is 54.4 Å². The molecule has 1 aromatic heterocycles. The number of carbonyl (C=O) groups excluding carboxylic acids is 1. The molecule has 0 radical (unpaired) electrons. The summed E-state index contributed by atoms with van der Waals surface area (Å²) in [6.45, 7) is 3.37. The molecule has 0 unspecified atom stereocenters. The van der Waals surface area contributed by atoms with Crippen LogP contribution in [0, 0.1) is 0 Å². The fraction of sp³-hybridized carbons (Fsp3) is 0.500. The number of hydrogen-bond acceptors (Lipinski definition) is 3. The van der Waals surface area contributed by atoms with Gasteiger partial charge >= 0.3 is 0 Å². The standard InChI is InChI=1S/C20H26N4O/c25-20(16-23-13-6-11-21-23)24-14-5-10-19(24)18-9-4-12-22(18)15-17-7-2-1-3-8-17/h1-3,6-8,11,13,18-19H,4-5,9-10,12,14-16H2/t18-,19-/m1/s1.